The number of hydrogen-bond acceptors (Lipinski definition) is 5. The number of carbonyl (C=O) groups excluding carboxylic acids is 1. The molecule has 0 bridgehead atoms. The summed E-state index contributed by atoms with van der Waals surface area (Å²) >= 11 is 0. The van der Waals surface area contributed by atoms with E-state index in [2.05, 4.69) is 24.1 Å². The van der Waals surface area contributed by atoms with E-state index in [4.69, 9.17) is 9.15 Å². The second kappa shape index (κ2) is 9.25. The van der Waals surface area contributed by atoms with E-state index in [-0.39, 0.29) is 5.97 Å². The molecule has 2 aromatic rings. The van der Waals surface area contributed by atoms with Crippen LogP contribution >= 0.6 is 0 Å². The fraction of sp³-hybridized carbons (Fsp3) is 0.421. The maximum atomic E-state index is 11.4. The van der Waals surface area contributed by atoms with Gasteiger partial charge in [0.1, 0.15) is 11.5 Å². The van der Waals surface area contributed by atoms with Gasteiger partial charge in [0.15, 0.2) is 0 Å². The second-order valence-corrected chi connectivity index (χ2v) is 5.54. The van der Waals surface area contributed by atoms with Crippen LogP contribution in [-0.4, -0.2) is 44.2 Å². The van der Waals surface area contributed by atoms with Gasteiger partial charge < -0.3 is 19.4 Å². The van der Waals surface area contributed by atoms with E-state index in [0.717, 1.165) is 43.3 Å². The van der Waals surface area contributed by atoms with Gasteiger partial charge in [0, 0.05) is 18.7 Å². The molecule has 2 rings (SSSR count). The van der Waals surface area contributed by atoms with Crippen molar-refractivity contribution in [3.8, 4) is 11.3 Å². The number of esters is 1. The van der Waals surface area contributed by atoms with Gasteiger partial charge in [-0.3, -0.25) is 0 Å². The lowest BCUT2D eigenvalue weighted by Gasteiger charge is -2.17. The molecule has 1 heterocycles. The molecule has 24 heavy (non-hydrogen) atoms. The van der Waals surface area contributed by atoms with E-state index in [1.807, 2.05) is 24.3 Å². The third-order valence-corrected chi connectivity index (χ3v) is 4.05. The number of nitrogens with zero attached hydrogens (tertiary/aromatic N) is 1. The number of furan rings is 1. The number of nitrogens with one attached hydrogen (secondary N) is 1. The van der Waals surface area contributed by atoms with Crippen LogP contribution in [0.25, 0.3) is 11.3 Å². The quantitative estimate of drug-likeness (QED) is 0.565. The fourth-order valence-corrected chi connectivity index (χ4v) is 2.51. The third-order valence-electron chi connectivity index (χ3n) is 4.05. The van der Waals surface area contributed by atoms with Crippen molar-refractivity contribution in [2.75, 3.05) is 33.3 Å². The zero-order valence-electron chi connectivity index (χ0n) is 14.7. The molecule has 5 nitrogen and oxygen atoms in total. The number of hydrogen-bond donors (Lipinski definition) is 1. The average Bonchev–Trinajstić information content (AvgIpc) is 3.10. The zero-order valence-corrected chi connectivity index (χ0v) is 14.7. The van der Waals surface area contributed by atoms with Gasteiger partial charge in [-0.1, -0.05) is 26.0 Å². The molecule has 0 aliphatic rings. The Hall–Kier alpha value is -2.11. The summed E-state index contributed by atoms with van der Waals surface area (Å²) in [6.07, 6.45) is 0. The molecule has 0 amide bonds. The molecule has 0 saturated carbocycles. The largest absolute Gasteiger partial charge is 0.465 e. The molecule has 1 aromatic carbocycles. The molecule has 0 radical (unpaired) electrons. The number of methoxy groups -OCH3 is 1. The highest BCUT2D eigenvalue weighted by atomic mass is 16.5. The molecule has 0 aliphatic carbocycles. The molecule has 1 aromatic heterocycles. The Morgan fingerprint density at radius 2 is 1.83 bits per heavy atom. The molecule has 0 atom stereocenters. The Bertz CT molecular complexity index is 630. The summed E-state index contributed by atoms with van der Waals surface area (Å²) in [6.45, 7) is 9.18. The predicted octanol–water partition coefficient (Wildman–Crippen LogP) is 3.16. The van der Waals surface area contributed by atoms with Crippen molar-refractivity contribution in [2.45, 2.75) is 20.4 Å². The van der Waals surface area contributed by atoms with Gasteiger partial charge in [-0.25, -0.2) is 4.79 Å². The first-order valence-electron chi connectivity index (χ1n) is 8.38. The first-order chi connectivity index (χ1) is 11.7. The van der Waals surface area contributed by atoms with Crippen molar-refractivity contribution >= 4 is 5.97 Å². The van der Waals surface area contributed by atoms with E-state index in [1.54, 1.807) is 12.1 Å². The van der Waals surface area contributed by atoms with Crippen LogP contribution in [0.1, 0.15) is 30.0 Å². The molecular weight excluding hydrogens is 304 g/mol. The number of rotatable bonds is 9. The molecule has 0 saturated heterocycles. The van der Waals surface area contributed by atoms with Gasteiger partial charge in [0.2, 0.25) is 0 Å². The predicted molar refractivity (Wildman–Crippen MR) is 95.0 cm³/mol. The normalized spacial score (nSPS) is 11.0. The summed E-state index contributed by atoms with van der Waals surface area (Å²) in [4.78, 5) is 13.8. The van der Waals surface area contributed by atoms with Gasteiger partial charge in [0.25, 0.3) is 0 Å². The van der Waals surface area contributed by atoms with Gasteiger partial charge in [-0.05, 0) is 37.4 Å². The average molecular weight is 330 g/mol. The van der Waals surface area contributed by atoms with Crippen LogP contribution in [0.4, 0.5) is 0 Å². The van der Waals surface area contributed by atoms with Crippen LogP contribution in [-0.2, 0) is 11.3 Å². The Balaban J connectivity index is 1.87. The number of ether oxygens (including phenoxy) is 1. The van der Waals surface area contributed by atoms with Crippen LogP contribution in [0.2, 0.25) is 0 Å². The maximum absolute atomic E-state index is 11.4. The van der Waals surface area contributed by atoms with Crippen molar-refractivity contribution in [1.82, 2.24) is 10.2 Å². The van der Waals surface area contributed by atoms with Crippen molar-refractivity contribution in [3.63, 3.8) is 0 Å². The third kappa shape index (κ3) is 4.94. The van der Waals surface area contributed by atoms with Crippen LogP contribution in [0.3, 0.4) is 0 Å². The molecular formula is C19H26N2O3. The molecule has 0 aliphatic heterocycles. The van der Waals surface area contributed by atoms with Crippen molar-refractivity contribution in [3.05, 3.63) is 47.7 Å². The van der Waals surface area contributed by atoms with E-state index in [9.17, 15) is 4.79 Å². The SMILES string of the molecule is CCN(CC)CCNCc1ccc(-c2ccc(C(=O)OC)cc2)o1. The molecule has 1 N–H and O–H groups in total. The summed E-state index contributed by atoms with van der Waals surface area (Å²) in [6, 6.07) is 11.1. The van der Waals surface area contributed by atoms with E-state index < -0.39 is 0 Å². The smallest absolute Gasteiger partial charge is 0.337 e. The van der Waals surface area contributed by atoms with Gasteiger partial charge in [0.05, 0.1) is 19.2 Å². The fourth-order valence-electron chi connectivity index (χ4n) is 2.51. The van der Waals surface area contributed by atoms with Gasteiger partial charge in [-0.2, -0.15) is 0 Å². The Kier molecular flexibility index (Phi) is 7.03. The zero-order chi connectivity index (χ0) is 17.4. The maximum Gasteiger partial charge on any atom is 0.337 e. The highest BCUT2D eigenvalue weighted by Gasteiger charge is 2.08. The topological polar surface area (TPSA) is 54.7 Å². The lowest BCUT2D eigenvalue weighted by Crippen LogP contribution is -2.31. The molecule has 0 unspecified atom stereocenters. The first kappa shape index (κ1) is 18.2. The van der Waals surface area contributed by atoms with E-state index in [1.165, 1.54) is 7.11 Å². The summed E-state index contributed by atoms with van der Waals surface area (Å²) in [5.74, 6) is 1.37. The van der Waals surface area contributed by atoms with E-state index in [0.29, 0.717) is 12.1 Å². The highest BCUT2D eigenvalue weighted by molar-refractivity contribution is 5.89. The summed E-state index contributed by atoms with van der Waals surface area (Å²) in [5, 5.41) is 3.40. The van der Waals surface area contributed by atoms with Crippen molar-refractivity contribution in [2.24, 2.45) is 0 Å². The number of likely N-dealkylation sites (N-methyl/N-ethyl adjacent to an activating group) is 1. The monoisotopic (exact) mass is 330 g/mol. The van der Waals surface area contributed by atoms with Crippen LogP contribution < -0.4 is 5.32 Å². The van der Waals surface area contributed by atoms with Gasteiger partial charge in [-0.15, -0.1) is 0 Å². The van der Waals surface area contributed by atoms with E-state index >= 15 is 0 Å². The lowest BCUT2D eigenvalue weighted by atomic mass is 10.1. The van der Waals surface area contributed by atoms with Crippen molar-refractivity contribution in [1.29, 1.82) is 0 Å². The van der Waals surface area contributed by atoms with Gasteiger partial charge >= 0.3 is 5.97 Å². The standard InChI is InChI=1S/C19H26N2O3/c1-4-21(5-2)13-12-20-14-17-10-11-18(24-17)15-6-8-16(9-7-15)19(22)23-3/h6-11,20H,4-5,12-14H2,1-3H3. The van der Waals surface area contributed by atoms with Crippen LogP contribution in [0.15, 0.2) is 40.8 Å². The van der Waals surface area contributed by atoms with Crippen LogP contribution in [0.5, 0.6) is 0 Å². The summed E-state index contributed by atoms with van der Waals surface area (Å²) < 4.78 is 10.6. The summed E-state index contributed by atoms with van der Waals surface area (Å²) in [5.41, 5.74) is 1.48. The van der Waals surface area contributed by atoms with Crippen molar-refractivity contribution < 1.29 is 13.9 Å². The van der Waals surface area contributed by atoms with Crippen LogP contribution in [0, 0.1) is 0 Å². The molecule has 0 fully saturated rings. The minimum atomic E-state index is -0.334. The lowest BCUT2D eigenvalue weighted by molar-refractivity contribution is 0.0600. The first-order valence-corrected chi connectivity index (χ1v) is 8.38. The minimum Gasteiger partial charge on any atom is -0.465 e. The number of carbonyl (C=O) groups is 1. The number of benzene rings is 1. The molecule has 0 spiro atoms. The Labute approximate surface area is 143 Å². The second-order valence-electron chi connectivity index (χ2n) is 5.54. The minimum absolute atomic E-state index is 0.334. The molecule has 130 valence electrons. The summed E-state index contributed by atoms with van der Waals surface area (Å²) in [7, 11) is 1.38. The highest BCUT2D eigenvalue weighted by Crippen LogP contribution is 2.22. The molecule has 5 heteroatoms. The Morgan fingerprint density at radius 1 is 1.12 bits per heavy atom. The Morgan fingerprint density at radius 3 is 2.46 bits per heavy atom.